The summed E-state index contributed by atoms with van der Waals surface area (Å²) in [4.78, 5) is 4.22. The fourth-order valence-electron chi connectivity index (χ4n) is 3.14. The maximum Gasteiger partial charge on any atom is 0.0659 e. The van der Waals surface area contributed by atoms with Gasteiger partial charge in [-0.3, -0.25) is 0 Å². The number of hydrogen-bond donors (Lipinski definition) is 1. The first kappa shape index (κ1) is 13.3. The topological polar surface area (TPSA) is 15.3 Å². The minimum atomic E-state index is 0.621. The molecule has 0 amide bonds. The van der Waals surface area contributed by atoms with Crippen LogP contribution in [0.3, 0.4) is 0 Å². The molecule has 0 radical (unpaired) electrons. The van der Waals surface area contributed by atoms with E-state index in [0.717, 1.165) is 6.54 Å². The standard InChI is InChI=1S/C14H21IN2S/c15-14-10-11-12(4-3-5-13(11)18-14)16-6-9-17-7-1-2-8-17/h10,12,16H,1-9H2. The van der Waals surface area contributed by atoms with Gasteiger partial charge in [0.2, 0.25) is 0 Å². The Labute approximate surface area is 127 Å². The molecule has 100 valence electrons. The zero-order chi connectivity index (χ0) is 12.4. The molecule has 2 nitrogen and oxygen atoms in total. The number of hydrogen-bond acceptors (Lipinski definition) is 3. The van der Waals surface area contributed by atoms with Crippen LogP contribution in [0.4, 0.5) is 0 Å². The highest BCUT2D eigenvalue weighted by atomic mass is 127. The normalized spacial score (nSPS) is 24.4. The van der Waals surface area contributed by atoms with Crippen molar-refractivity contribution in [2.75, 3.05) is 26.2 Å². The lowest BCUT2D eigenvalue weighted by Gasteiger charge is -2.25. The molecular weight excluding hydrogens is 355 g/mol. The summed E-state index contributed by atoms with van der Waals surface area (Å²) in [5.74, 6) is 0. The number of nitrogens with zero attached hydrogens (tertiary/aromatic N) is 1. The van der Waals surface area contributed by atoms with Gasteiger partial charge in [-0.25, -0.2) is 0 Å². The predicted octanol–water partition coefficient (Wildman–Crippen LogP) is 3.42. The number of halogens is 1. The van der Waals surface area contributed by atoms with E-state index in [4.69, 9.17) is 0 Å². The number of fused-ring (bicyclic) bond motifs is 1. The largest absolute Gasteiger partial charge is 0.309 e. The van der Waals surface area contributed by atoms with Gasteiger partial charge in [-0.05, 0) is 79.4 Å². The number of rotatable bonds is 4. The number of thiophene rings is 1. The Kier molecular flexibility index (Phi) is 4.59. The minimum absolute atomic E-state index is 0.621. The summed E-state index contributed by atoms with van der Waals surface area (Å²) in [5.41, 5.74) is 1.59. The lowest BCUT2D eigenvalue weighted by Crippen LogP contribution is -2.33. The number of likely N-dealkylation sites (tertiary alicyclic amines) is 1. The second-order valence-electron chi connectivity index (χ2n) is 5.38. The summed E-state index contributed by atoms with van der Waals surface area (Å²) >= 11 is 4.45. The molecule has 0 aromatic carbocycles. The zero-order valence-electron chi connectivity index (χ0n) is 10.8. The van der Waals surface area contributed by atoms with E-state index in [0.29, 0.717) is 6.04 Å². The maximum atomic E-state index is 3.78. The van der Waals surface area contributed by atoms with Crippen LogP contribution in [0, 0.1) is 2.88 Å². The lowest BCUT2D eigenvalue weighted by molar-refractivity contribution is 0.322. The van der Waals surface area contributed by atoms with Crippen LogP contribution in [0.15, 0.2) is 6.07 Å². The lowest BCUT2D eigenvalue weighted by atomic mass is 9.94. The van der Waals surface area contributed by atoms with Crippen molar-refractivity contribution in [3.8, 4) is 0 Å². The van der Waals surface area contributed by atoms with Crippen LogP contribution in [0.25, 0.3) is 0 Å². The third kappa shape index (κ3) is 3.08. The quantitative estimate of drug-likeness (QED) is 0.811. The molecule has 1 saturated heterocycles. The summed E-state index contributed by atoms with van der Waals surface area (Å²) < 4.78 is 1.45. The third-order valence-electron chi connectivity index (χ3n) is 4.10. The number of aryl methyl sites for hydroxylation is 1. The SMILES string of the molecule is Ic1cc2c(s1)CCCC2NCCN1CCCC1. The van der Waals surface area contributed by atoms with Crippen LogP contribution in [-0.4, -0.2) is 31.1 Å². The Balaban J connectivity index is 1.53. The Bertz CT molecular complexity index is 398. The third-order valence-corrected chi connectivity index (χ3v) is 6.07. The molecule has 0 bridgehead atoms. The Morgan fingerprint density at radius 1 is 1.33 bits per heavy atom. The molecule has 0 saturated carbocycles. The Morgan fingerprint density at radius 3 is 3.00 bits per heavy atom. The molecule has 18 heavy (non-hydrogen) atoms. The fourth-order valence-corrected chi connectivity index (χ4v) is 5.26. The molecule has 1 aromatic rings. The Hall–Kier alpha value is 0.350. The summed E-state index contributed by atoms with van der Waals surface area (Å²) in [7, 11) is 0. The van der Waals surface area contributed by atoms with E-state index in [-0.39, 0.29) is 0 Å². The van der Waals surface area contributed by atoms with Crippen LogP contribution < -0.4 is 5.32 Å². The van der Waals surface area contributed by atoms with E-state index in [1.807, 2.05) is 11.3 Å². The van der Waals surface area contributed by atoms with E-state index < -0.39 is 0 Å². The van der Waals surface area contributed by atoms with Gasteiger partial charge in [-0.15, -0.1) is 11.3 Å². The van der Waals surface area contributed by atoms with Gasteiger partial charge in [-0.1, -0.05) is 0 Å². The fraction of sp³-hybridized carbons (Fsp3) is 0.714. The molecule has 1 atom stereocenters. The van der Waals surface area contributed by atoms with Crippen molar-refractivity contribution in [2.45, 2.75) is 38.1 Å². The second-order valence-corrected chi connectivity index (χ2v) is 8.41. The van der Waals surface area contributed by atoms with E-state index in [1.165, 1.54) is 54.6 Å². The van der Waals surface area contributed by atoms with Crippen LogP contribution >= 0.6 is 33.9 Å². The first-order chi connectivity index (χ1) is 8.83. The second kappa shape index (κ2) is 6.20. The summed E-state index contributed by atoms with van der Waals surface area (Å²) in [6, 6.07) is 3.02. The number of nitrogens with one attached hydrogen (secondary N) is 1. The molecule has 1 aliphatic carbocycles. The highest BCUT2D eigenvalue weighted by molar-refractivity contribution is 14.1. The van der Waals surface area contributed by atoms with Crippen molar-refractivity contribution in [1.29, 1.82) is 0 Å². The van der Waals surface area contributed by atoms with Crippen LogP contribution in [0.1, 0.15) is 42.2 Å². The van der Waals surface area contributed by atoms with Crippen molar-refractivity contribution >= 4 is 33.9 Å². The first-order valence-corrected chi connectivity index (χ1v) is 8.96. The van der Waals surface area contributed by atoms with Crippen molar-refractivity contribution in [3.63, 3.8) is 0 Å². The van der Waals surface area contributed by atoms with Crippen LogP contribution in [-0.2, 0) is 6.42 Å². The first-order valence-electron chi connectivity index (χ1n) is 7.07. The van der Waals surface area contributed by atoms with Gasteiger partial charge < -0.3 is 10.2 Å². The molecule has 1 unspecified atom stereocenters. The molecule has 1 fully saturated rings. The van der Waals surface area contributed by atoms with Crippen molar-refractivity contribution in [3.05, 3.63) is 19.4 Å². The van der Waals surface area contributed by atoms with Gasteiger partial charge in [-0.2, -0.15) is 0 Å². The molecule has 2 aliphatic rings. The summed E-state index contributed by atoms with van der Waals surface area (Å²) in [5, 5.41) is 3.78. The summed E-state index contributed by atoms with van der Waals surface area (Å²) in [6.45, 7) is 5.01. The average molecular weight is 376 g/mol. The molecule has 1 aliphatic heterocycles. The van der Waals surface area contributed by atoms with E-state index in [1.54, 1.807) is 10.4 Å². The summed E-state index contributed by atoms with van der Waals surface area (Å²) in [6.07, 6.45) is 6.77. The van der Waals surface area contributed by atoms with Crippen LogP contribution in [0.5, 0.6) is 0 Å². The molecule has 3 rings (SSSR count). The minimum Gasteiger partial charge on any atom is -0.309 e. The Morgan fingerprint density at radius 2 is 2.17 bits per heavy atom. The van der Waals surface area contributed by atoms with Crippen molar-refractivity contribution < 1.29 is 0 Å². The van der Waals surface area contributed by atoms with Gasteiger partial charge >= 0.3 is 0 Å². The zero-order valence-corrected chi connectivity index (χ0v) is 13.7. The van der Waals surface area contributed by atoms with Gasteiger partial charge in [0.05, 0.1) is 2.88 Å². The van der Waals surface area contributed by atoms with E-state index in [9.17, 15) is 0 Å². The van der Waals surface area contributed by atoms with Crippen molar-refractivity contribution in [2.24, 2.45) is 0 Å². The van der Waals surface area contributed by atoms with Gasteiger partial charge in [0, 0.05) is 24.0 Å². The highest BCUT2D eigenvalue weighted by Crippen LogP contribution is 2.36. The van der Waals surface area contributed by atoms with E-state index >= 15 is 0 Å². The molecular formula is C14H21IN2S. The molecule has 0 spiro atoms. The maximum absolute atomic E-state index is 3.78. The van der Waals surface area contributed by atoms with Gasteiger partial charge in [0.15, 0.2) is 0 Å². The predicted molar refractivity (Wildman–Crippen MR) is 86.4 cm³/mol. The van der Waals surface area contributed by atoms with Crippen molar-refractivity contribution in [1.82, 2.24) is 10.2 Å². The molecule has 1 aromatic heterocycles. The van der Waals surface area contributed by atoms with Crippen LogP contribution in [0.2, 0.25) is 0 Å². The molecule has 2 heterocycles. The van der Waals surface area contributed by atoms with Gasteiger partial charge in [0.25, 0.3) is 0 Å². The van der Waals surface area contributed by atoms with E-state index in [2.05, 4.69) is 38.9 Å². The average Bonchev–Trinajstić information content (AvgIpc) is 2.97. The molecule has 1 N–H and O–H groups in total. The molecule has 4 heteroatoms. The van der Waals surface area contributed by atoms with Gasteiger partial charge in [0.1, 0.15) is 0 Å². The smallest absolute Gasteiger partial charge is 0.0659 e. The highest BCUT2D eigenvalue weighted by Gasteiger charge is 2.22. The monoisotopic (exact) mass is 376 g/mol.